The van der Waals surface area contributed by atoms with Gasteiger partial charge in [-0.1, -0.05) is 42.5 Å². The molecule has 0 radical (unpaired) electrons. The Balaban J connectivity index is 1.20. The first-order chi connectivity index (χ1) is 13.8. The minimum absolute atomic E-state index is 0.166. The number of carbonyl (C=O) groups is 1. The molecule has 3 aromatic rings. The average Bonchev–Trinajstić information content (AvgIpc) is 2.75. The third-order valence-electron chi connectivity index (χ3n) is 5.11. The molecule has 1 aliphatic heterocycles. The number of nitrogens with zero attached hydrogens (tertiary/aromatic N) is 4. The van der Waals surface area contributed by atoms with E-state index in [1.807, 2.05) is 24.3 Å². The lowest BCUT2D eigenvalue weighted by molar-refractivity contribution is 0.0929. The molecule has 144 valence electrons. The molecule has 2 heterocycles. The Labute approximate surface area is 165 Å². The molecule has 6 heteroatoms. The number of rotatable bonds is 6. The molecule has 1 aromatic heterocycles. The Hall–Kier alpha value is -2.83. The second kappa shape index (κ2) is 8.91. The minimum atomic E-state index is -0.166. The average molecular weight is 375 g/mol. The molecule has 0 spiro atoms. The number of piperazine rings is 1. The van der Waals surface area contributed by atoms with Gasteiger partial charge in [0.1, 0.15) is 5.69 Å². The quantitative estimate of drug-likeness (QED) is 0.716. The predicted octanol–water partition coefficient (Wildman–Crippen LogP) is 2.18. The molecule has 1 saturated heterocycles. The van der Waals surface area contributed by atoms with Crippen molar-refractivity contribution in [2.45, 2.75) is 6.54 Å². The van der Waals surface area contributed by atoms with E-state index in [-0.39, 0.29) is 5.91 Å². The Bertz CT molecular complexity index is 922. The van der Waals surface area contributed by atoms with Crippen molar-refractivity contribution >= 4 is 16.9 Å². The van der Waals surface area contributed by atoms with Crippen LogP contribution < -0.4 is 5.32 Å². The Morgan fingerprint density at radius 3 is 2.36 bits per heavy atom. The van der Waals surface area contributed by atoms with E-state index >= 15 is 0 Å². The highest BCUT2D eigenvalue weighted by atomic mass is 16.1. The van der Waals surface area contributed by atoms with Gasteiger partial charge in [-0.05, 0) is 17.7 Å². The van der Waals surface area contributed by atoms with Gasteiger partial charge < -0.3 is 5.32 Å². The van der Waals surface area contributed by atoms with Gasteiger partial charge in [0.15, 0.2) is 0 Å². The standard InChI is InChI=1S/C22H25N5O/c28-22(21-16-24-19-8-4-5-9-20(19)25-21)23-10-11-26-12-14-27(15-13-26)17-18-6-2-1-3-7-18/h1-9,16H,10-15,17H2,(H,23,28). The first-order valence-corrected chi connectivity index (χ1v) is 9.76. The normalized spacial score (nSPS) is 15.6. The number of fused-ring (bicyclic) bond motifs is 1. The van der Waals surface area contributed by atoms with Crippen LogP contribution in [-0.2, 0) is 6.54 Å². The number of benzene rings is 2. The van der Waals surface area contributed by atoms with Crippen molar-refractivity contribution < 1.29 is 4.79 Å². The van der Waals surface area contributed by atoms with E-state index < -0.39 is 0 Å². The van der Waals surface area contributed by atoms with E-state index in [1.165, 1.54) is 5.56 Å². The lowest BCUT2D eigenvalue weighted by Crippen LogP contribution is -2.48. The molecule has 1 N–H and O–H groups in total. The zero-order valence-electron chi connectivity index (χ0n) is 15.9. The highest BCUT2D eigenvalue weighted by Crippen LogP contribution is 2.09. The van der Waals surface area contributed by atoms with Gasteiger partial charge in [-0.25, -0.2) is 4.98 Å². The van der Waals surface area contributed by atoms with Crippen molar-refractivity contribution in [2.75, 3.05) is 39.3 Å². The first-order valence-electron chi connectivity index (χ1n) is 9.76. The SMILES string of the molecule is O=C(NCCN1CCN(Cc2ccccc2)CC1)c1cnc2ccccc2n1. The zero-order chi connectivity index (χ0) is 19.2. The fraction of sp³-hybridized carbons (Fsp3) is 0.318. The lowest BCUT2D eigenvalue weighted by atomic mass is 10.2. The van der Waals surface area contributed by atoms with Crippen molar-refractivity contribution in [3.8, 4) is 0 Å². The molecule has 28 heavy (non-hydrogen) atoms. The third-order valence-corrected chi connectivity index (χ3v) is 5.11. The maximum absolute atomic E-state index is 12.3. The second-order valence-corrected chi connectivity index (χ2v) is 7.10. The molecular weight excluding hydrogens is 350 g/mol. The molecule has 0 unspecified atom stereocenters. The van der Waals surface area contributed by atoms with Crippen LogP contribution in [0.4, 0.5) is 0 Å². The van der Waals surface area contributed by atoms with E-state index in [4.69, 9.17) is 0 Å². The van der Waals surface area contributed by atoms with Crippen molar-refractivity contribution in [1.82, 2.24) is 25.1 Å². The highest BCUT2D eigenvalue weighted by Gasteiger charge is 2.17. The van der Waals surface area contributed by atoms with Gasteiger partial charge in [-0.15, -0.1) is 0 Å². The Kier molecular flexibility index (Phi) is 5.89. The summed E-state index contributed by atoms with van der Waals surface area (Å²) in [6.45, 7) is 6.64. The fourth-order valence-electron chi connectivity index (χ4n) is 3.50. The van der Waals surface area contributed by atoms with E-state index in [2.05, 4.69) is 55.4 Å². The van der Waals surface area contributed by atoms with Gasteiger partial charge in [0.25, 0.3) is 5.91 Å². The van der Waals surface area contributed by atoms with E-state index in [1.54, 1.807) is 6.20 Å². The van der Waals surface area contributed by atoms with Crippen LogP contribution in [0.3, 0.4) is 0 Å². The molecular formula is C22H25N5O. The van der Waals surface area contributed by atoms with Crippen LogP contribution in [-0.4, -0.2) is 64.9 Å². The molecule has 2 aromatic carbocycles. The van der Waals surface area contributed by atoms with Crippen molar-refractivity contribution in [2.24, 2.45) is 0 Å². The van der Waals surface area contributed by atoms with Crippen LogP contribution >= 0.6 is 0 Å². The molecule has 0 bridgehead atoms. The summed E-state index contributed by atoms with van der Waals surface area (Å²) in [5, 5.41) is 2.97. The Morgan fingerprint density at radius 1 is 0.893 bits per heavy atom. The van der Waals surface area contributed by atoms with Crippen molar-refractivity contribution in [3.63, 3.8) is 0 Å². The molecule has 1 fully saturated rings. The third kappa shape index (κ3) is 4.71. The monoisotopic (exact) mass is 375 g/mol. The summed E-state index contributed by atoms with van der Waals surface area (Å²) in [5.74, 6) is -0.166. The van der Waals surface area contributed by atoms with Crippen LogP contribution in [0.25, 0.3) is 11.0 Å². The number of para-hydroxylation sites is 2. The predicted molar refractivity (Wildman–Crippen MR) is 110 cm³/mol. The summed E-state index contributed by atoms with van der Waals surface area (Å²) < 4.78 is 0. The number of hydrogen-bond donors (Lipinski definition) is 1. The number of nitrogens with one attached hydrogen (secondary N) is 1. The van der Waals surface area contributed by atoms with Crippen LogP contribution in [0.1, 0.15) is 16.1 Å². The molecule has 0 saturated carbocycles. The molecule has 6 nitrogen and oxygen atoms in total. The number of carbonyl (C=O) groups excluding carboxylic acids is 1. The molecule has 4 rings (SSSR count). The van der Waals surface area contributed by atoms with E-state index in [0.29, 0.717) is 12.2 Å². The summed E-state index contributed by atoms with van der Waals surface area (Å²) in [5.41, 5.74) is 3.27. The zero-order valence-corrected chi connectivity index (χ0v) is 15.9. The summed E-state index contributed by atoms with van der Waals surface area (Å²) in [6.07, 6.45) is 1.54. The van der Waals surface area contributed by atoms with Gasteiger partial charge >= 0.3 is 0 Å². The summed E-state index contributed by atoms with van der Waals surface area (Å²) in [7, 11) is 0. The van der Waals surface area contributed by atoms with Gasteiger partial charge in [-0.2, -0.15) is 0 Å². The topological polar surface area (TPSA) is 61.4 Å². The number of hydrogen-bond acceptors (Lipinski definition) is 5. The molecule has 1 amide bonds. The van der Waals surface area contributed by atoms with Crippen LogP contribution in [0.15, 0.2) is 60.8 Å². The maximum Gasteiger partial charge on any atom is 0.271 e. The van der Waals surface area contributed by atoms with Crippen LogP contribution in [0.5, 0.6) is 0 Å². The van der Waals surface area contributed by atoms with Crippen LogP contribution in [0.2, 0.25) is 0 Å². The summed E-state index contributed by atoms with van der Waals surface area (Å²) in [4.78, 5) is 25.9. The molecule has 1 aliphatic rings. The molecule has 0 aliphatic carbocycles. The van der Waals surface area contributed by atoms with E-state index in [9.17, 15) is 4.79 Å². The van der Waals surface area contributed by atoms with Gasteiger partial charge in [0.05, 0.1) is 17.2 Å². The van der Waals surface area contributed by atoms with Gasteiger partial charge in [-0.3, -0.25) is 19.6 Å². The summed E-state index contributed by atoms with van der Waals surface area (Å²) >= 11 is 0. The number of amides is 1. The van der Waals surface area contributed by atoms with Crippen molar-refractivity contribution in [1.29, 1.82) is 0 Å². The molecule has 0 atom stereocenters. The van der Waals surface area contributed by atoms with E-state index in [0.717, 1.165) is 50.3 Å². The smallest absolute Gasteiger partial charge is 0.271 e. The van der Waals surface area contributed by atoms with Crippen LogP contribution in [0, 0.1) is 0 Å². The number of aromatic nitrogens is 2. The first kappa shape index (κ1) is 18.5. The summed E-state index contributed by atoms with van der Waals surface area (Å²) in [6, 6.07) is 18.2. The van der Waals surface area contributed by atoms with Gasteiger partial charge in [0, 0.05) is 45.8 Å². The highest BCUT2D eigenvalue weighted by molar-refractivity contribution is 5.93. The lowest BCUT2D eigenvalue weighted by Gasteiger charge is -2.34. The Morgan fingerprint density at radius 2 is 1.57 bits per heavy atom. The van der Waals surface area contributed by atoms with Gasteiger partial charge in [0.2, 0.25) is 0 Å². The minimum Gasteiger partial charge on any atom is -0.349 e. The van der Waals surface area contributed by atoms with Crippen molar-refractivity contribution in [3.05, 3.63) is 72.1 Å². The maximum atomic E-state index is 12.3. The second-order valence-electron chi connectivity index (χ2n) is 7.10. The largest absolute Gasteiger partial charge is 0.349 e. The fourth-order valence-corrected chi connectivity index (χ4v) is 3.50.